The number of nitrogens with one attached hydrogen (secondary N) is 1. The monoisotopic (exact) mass is 274 g/mol. The number of hydrazone groups is 1. The number of nitrogens with zero attached hydrogens (tertiary/aromatic N) is 1. The number of allylic oxidation sites excluding steroid dienone is 2. The zero-order chi connectivity index (χ0) is 13.4. The summed E-state index contributed by atoms with van der Waals surface area (Å²) in [5.74, 6) is 1.60. The molecule has 0 saturated heterocycles. The van der Waals surface area contributed by atoms with E-state index >= 15 is 0 Å². The lowest BCUT2D eigenvalue weighted by Gasteiger charge is -2.31. The molecule has 1 aromatic heterocycles. The van der Waals surface area contributed by atoms with Crippen LogP contribution in [0.15, 0.2) is 28.7 Å². The van der Waals surface area contributed by atoms with Crippen LogP contribution < -0.4 is 5.43 Å². The number of fused-ring (bicyclic) bond motifs is 1. The lowest BCUT2D eigenvalue weighted by atomic mass is 9.74. The Hall–Kier alpha value is -1.42. The summed E-state index contributed by atoms with van der Waals surface area (Å²) in [6.07, 6.45) is 6.56. The molecule has 2 aliphatic carbocycles. The molecule has 0 aromatic carbocycles. The highest BCUT2D eigenvalue weighted by Crippen LogP contribution is 2.40. The molecule has 2 aliphatic rings. The lowest BCUT2D eigenvalue weighted by Crippen LogP contribution is -2.35. The van der Waals surface area contributed by atoms with Gasteiger partial charge in [-0.3, -0.25) is 4.79 Å². The van der Waals surface area contributed by atoms with Crippen molar-refractivity contribution in [2.24, 2.45) is 16.9 Å². The van der Waals surface area contributed by atoms with Crippen LogP contribution in [0.1, 0.15) is 47.8 Å². The van der Waals surface area contributed by atoms with Gasteiger partial charge in [-0.1, -0.05) is 26.0 Å². The molecule has 0 unspecified atom stereocenters. The molecule has 0 radical (unpaired) electrons. The maximum Gasteiger partial charge on any atom is 0.272 e. The SMILES string of the molecule is CC(C)c1cc(C(=O)N/N=C2/C[C@H]3C=CC[C@H]23)cs1. The van der Waals surface area contributed by atoms with E-state index in [0.29, 0.717) is 17.8 Å². The molecular formula is C15H18N2OS. The van der Waals surface area contributed by atoms with Gasteiger partial charge in [0.1, 0.15) is 0 Å². The third kappa shape index (κ3) is 2.37. The summed E-state index contributed by atoms with van der Waals surface area (Å²) in [6, 6.07) is 1.96. The molecule has 3 rings (SSSR count). The highest BCUT2D eigenvalue weighted by atomic mass is 32.1. The summed E-state index contributed by atoms with van der Waals surface area (Å²) in [5, 5.41) is 6.19. The van der Waals surface area contributed by atoms with Crippen LogP contribution >= 0.6 is 11.3 Å². The molecule has 2 atom stereocenters. The van der Waals surface area contributed by atoms with E-state index in [2.05, 4.69) is 36.5 Å². The first kappa shape index (κ1) is 12.6. The second kappa shape index (κ2) is 4.93. The van der Waals surface area contributed by atoms with E-state index in [1.54, 1.807) is 11.3 Å². The molecule has 1 aromatic rings. The normalized spacial score (nSPS) is 26.6. The van der Waals surface area contributed by atoms with E-state index in [4.69, 9.17) is 0 Å². The molecule has 1 saturated carbocycles. The van der Waals surface area contributed by atoms with Crippen molar-refractivity contribution >= 4 is 23.0 Å². The molecule has 1 heterocycles. The Balaban J connectivity index is 1.61. The zero-order valence-corrected chi connectivity index (χ0v) is 12.0. The Morgan fingerprint density at radius 3 is 3.05 bits per heavy atom. The van der Waals surface area contributed by atoms with Gasteiger partial charge in [-0.05, 0) is 30.7 Å². The number of hydrogen-bond acceptors (Lipinski definition) is 3. The second-order valence-electron chi connectivity index (χ2n) is 5.57. The van der Waals surface area contributed by atoms with E-state index in [1.807, 2.05) is 11.4 Å². The highest BCUT2D eigenvalue weighted by Gasteiger charge is 2.38. The van der Waals surface area contributed by atoms with Crippen molar-refractivity contribution in [3.05, 3.63) is 34.0 Å². The van der Waals surface area contributed by atoms with Crippen molar-refractivity contribution < 1.29 is 4.79 Å². The first-order valence-corrected chi connectivity index (χ1v) is 7.65. The van der Waals surface area contributed by atoms with Crippen LogP contribution in [0.25, 0.3) is 0 Å². The minimum Gasteiger partial charge on any atom is -0.267 e. The molecule has 19 heavy (non-hydrogen) atoms. The first-order valence-electron chi connectivity index (χ1n) is 6.77. The fourth-order valence-corrected chi connectivity index (χ4v) is 3.53. The topological polar surface area (TPSA) is 41.5 Å². The van der Waals surface area contributed by atoms with E-state index in [0.717, 1.165) is 24.1 Å². The number of hydrogen-bond donors (Lipinski definition) is 1. The van der Waals surface area contributed by atoms with Gasteiger partial charge >= 0.3 is 0 Å². The average Bonchev–Trinajstić information content (AvgIpc) is 2.96. The molecule has 0 aliphatic heterocycles. The van der Waals surface area contributed by atoms with Crippen LogP contribution in [0.2, 0.25) is 0 Å². The third-order valence-electron chi connectivity index (χ3n) is 3.91. The molecule has 1 amide bonds. The highest BCUT2D eigenvalue weighted by molar-refractivity contribution is 7.10. The minimum absolute atomic E-state index is 0.0925. The number of carbonyl (C=O) groups is 1. The van der Waals surface area contributed by atoms with Crippen molar-refractivity contribution in [1.82, 2.24) is 5.43 Å². The molecule has 100 valence electrons. The molecule has 1 fully saturated rings. The lowest BCUT2D eigenvalue weighted by molar-refractivity contribution is 0.0954. The van der Waals surface area contributed by atoms with Gasteiger partial charge in [0.05, 0.1) is 5.56 Å². The Labute approximate surface area is 117 Å². The predicted molar refractivity (Wildman–Crippen MR) is 78.7 cm³/mol. The number of amides is 1. The fourth-order valence-electron chi connectivity index (χ4n) is 2.63. The van der Waals surface area contributed by atoms with Gasteiger partial charge in [0.15, 0.2) is 0 Å². The average molecular weight is 274 g/mol. The Morgan fingerprint density at radius 1 is 1.53 bits per heavy atom. The standard InChI is InChI=1S/C15H18N2OS/c1-9(2)14-7-11(8-19-14)15(18)17-16-13-6-10-4-3-5-12(10)13/h3-4,7-10,12H,5-6H2,1-2H3,(H,17,18)/b16-13-/t10-,12+/m1/s1. The Bertz CT molecular complexity index is 556. The Kier molecular flexibility index (Phi) is 3.27. The predicted octanol–water partition coefficient (Wildman–Crippen LogP) is 3.55. The van der Waals surface area contributed by atoms with Crippen LogP contribution in [0.5, 0.6) is 0 Å². The second-order valence-corrected chi connectivity index (χ2v) is 6.52. The van der Waals surface area contributed by atoms with Crippen molar-refractivity contribution in [3.8, 4) is 0 Å². The molecule has 0 bridgehead atoms. The number of thiophene rings is 1. The molecule has 0 spiro atoms. The van der Waals surface area contributed by atoms with Gasteiger partial charge in [-0.2, -0.15) is 5.10 Å². The van der Waals surface area contributed by atoms with Crippen LogP contribution in [0, 0.1) is 11.8 Å². The number of carbonyl (C=O) groups excluding carboxylic acids is 1. The van der Waals surface area contributed by atoms with Crippen molar-refractivity contribution in [3.63, 3.8) is 0 Å². The van der Waals surface area contributed by atoms with Crippen LogP contribution in [0.3, 0.4) is 0 Å². The summed E-state index contributed by atoms with van der Waals surface area (Å²) in [7, 11) is 0. The maximum absolute atomic E-state index is 12.0. The Morgan fingerprint density at radius 2 is 2.37 bits per heavy atom. The maximum atomic E-state index is 12.0. The van der Waals surface area contributed by atoms with E-state index in [1.165, 1.54) is 4.88 Å². The summed E-state index contributed by atoms with van der Waals surface area (Å²) in [5.41, 5.74) is 4.56. The molecule has 1 N–H and O–H groups in total. The van der Waals surface area contributed by atoms with Gasteiger partial charge in [0, 0.05) is 21.9 Å². The smallest absolute Gasteiger partial charge is 0.267 e. The molecule has 4 heteroatoms. The van der Waals surface area contributed by atoms with Crippen molar-refractivity contribution in [2.45, 2.75) is 32.6 Å². The van der Waals surface area contributed by atoms with Gasteiger partial charge in [0.25, 0.3) is 5.91 Å². The fraction of sp³-hybridized carbons (Fsp3) is 0.467. The van der Waals surface area contributed by atoms with Gasteiger partial charge in [-0.25, -0.2) is 5.43 Å². The van der Waals surface area contributed by atoms with Crippen molar-refractivity contribution in [2.75, 3.05) is 0 Å². The first-order chi connectivity index (χ1) is 9.15. The summed E-state index contributed by atoms with van der Waals surface area (Å²) < 4.78 is 0. The van der Waals surface area contributed by atoms with Crippen LogP contribution in [-0.4, -0.2) is 11.6 Å². The minimum atomic E-state index is -0.0925. The molecular weight excluding hydrogens is 256 g/mol. The van der Waals surface area contributed by atoms with Gasteiger partial charge < -0.3 is 0 Å². The number of rotatable bonds is 3. The van der Waals surface area contributed by atoms with Gasteiger partial charge in [-0.15, -0.1) is 11.3 Å². The summed E-state index contributed by atoms with van der Waals surface area (Å²) in [6.45, 7) is 4.27. The zero-order valence-electron chi connectivity index (χ0n) is 11.2. The van der Waals surface area contributed by atoms with Crippen LogP contribution in [-0.2, 0) is 0 Å². The van der Waals surface area contributed by atoms with E-state index < -0.39 is 0 Å². The third-order valence-corrected chi connectivity index (χ3v) is 5.15. The molecule has 3 nitrogen and oxygen atoms in total. The summed E-state index contributed by atoms with van der Waals surface area (Å²) >= 11 is 1.64. The van der Waals surface area contributed by atoms with Crippen LogP contribution in [0.4, 0.5) is 0 Å². The van der Waals surface area contributed by atoms with E-state index in [9.17, 15) is 4.79 Å². The quantitative estimate of drug-likeness (QED) is 0.664. The summed E-state index contributed by atoms with van der Waals surface area (Å²) in [4.78, 5) is 13.2. The van der Waals surface area contributed by atoms with Crippen molar-refractivity contribution in [1.29, 1.82) is 0 Å². The van der Waals surface area contributed by atoms with Gasteiger partial charge in [0.2, 0.25) is 0 Å². The van der Waals surface area contributed by atoms with E-state index in [-0.39, 0.29) is 5.91 Å². The largest absolute Gasteiger partial charge is 0.272 e.